The average Bonchev–Trinajstić information content (AvgIpc) is 2.38. The molecule has 2 aromatic carbocycles. The van der Waals surface area contributed by atoms with E-state index in [1.54, 1.807) is 24.3 Å². The van der Waals surface area contributed by atoms with Crippen LogP contribution in [-0.4, -0.2) is 12.4 Å². The van der Waals surface area contributed by atoms with Gasteiger partial charge in [0.1, 0.15) is 5.75 Å². The van der Waals surface area contributed by atoms with E-state index in [0.29, 0.717) is 11.3 Å². The molecule has 0 heterocycles. The number of ether oxygens (including phenoxy) is 1. The van der Waals surface area contributed by atoms with Crippen molar-refractivity contribution in [3.63, 3.8) is 0 Å². The second-order valence-corrected chi connectivity index (χ2v) is 3.86. The minimum absolute atomic E-state index is 0.0451. The Balaban J connectivity index is 2.26. The summed E-state index contributed by atoms with van der Waals surface area (Å²) in [6.45, 7) is -2.91. The Hall–Kier alpha value is -2.43. The molecule has 5 heteroatoms. The van der Waals surface area contributed by atoms with E-state index in [4.69, 9.17) is 5.73 Å². The molecule has 2 rings (SSSR count). The normalized spacial score (nSPS) is 10.5. The van der Waals surface area contributed by atoms with Gasteiger partial charge in [0.2, 0.25) is 0 Å². The summed E-state index contributed by atoms with van der Waals surface area (Å²) in [6, 6.07) is 12.0. The highest BCUT2D eigenvalue weighted by molar-refractivity contribution is 6.09. The van der Waals surface area contributed by atoms with Crippen LogP contribution < -0.4 is 10.5 Å². The van der Waals surface area contributed by atoms with Gasteiger partial charge in [-0.3, -0.25) is 4.79 Å². The lowest BCUT2D eigenvalue weighted by Crippen LogP contribution is -2.05. The van der Waals surface area contributed by atoms with Crippen molar-refractivity contribution in [1.29, 1.82) is 0 Å². The van der Waals surface area contributed by atoms with E-state index in [0.717, 1.165) is 0 Å². The first-order chi connectivity index (χ1) is 9.06. The van der Waals surface area contributed by atoms with E-state index >= 15 is 0 Å². The summed E-state index contributed by atoms with van der Waals surface area (Å²) in [5.41, 5.74) is 6.79. The molecule has 0 aromatic heterocycles. The fraction of sp³-hybridized carbons (Fsp3) is 0.0714. The number of benzene rings is 2. The predicted molar refractivity (Wildman–Crippen MR) is 67.4 cm³/mol. The van der Waals surface area contributed by atoms with Crippen LogP contribution in [0.4, 0.5) is 14.5 Å². The molecule has 0 bridgehead atoms. The molecule has 0 fully saturated rings. The van der Waals surface area contributed by atoms with Gasteiger partial charge in [-0.1, -0.05) is 12.1 Å². The molecule has 19 heavy (non-hydrogen) atoms. The zero-order chi connectivity index (χ0) is 13.8. The Morgan fingerprint density at radius 1 is 1.05 bits per heavy atom. The lowest BCUT2D eigenvalue weighted by atomic mass is 10.0. The third-order valence-electron chi connectivity index (χ3n) is 2.49. The van der Waals surface area contributed by atoms with Gasteiger partial charge >= 0.3 is 6.61 Å². The van der Waals surface area contributed by atoms with Gasteiger partial charge < -0.3 is 10.5 Å². The molecule has 0 atom stereocenters. The Morgan fingerprint density at radius 2 is 1.74 bits per heavy atom. The van der Waals surface area contributed by atoms with Gasteiger partial charge in [-0.15, -0.1) is 0 Å². The van der Waals surface area contributed by atoms with Crippen LogP contribution in [0.1, 0.15) is 15.9 Å². The molecular weight excluding hydrogens is 252 g/mol. The molecule has 3 nitrogen and oxygen atoms in total. The number of halogens is 2. The summed E-state index contributed by atoms with van der Waals surface area (Å²) in [6.07, 6.45) is 0. The van der Waals surface area contributed by atoms with E-state index in [1.165, 1.54) is 24.3 Å². The standard InChI is InChI=1S/C14H11F2NO2/c15-14(16)19-12-3-1-2-10(8-12)13(18)9-4-6-11(17)7-5-9/h1-8,14H,17H2. The number of alkyl halides is 2. The molecule has 2 aromatic rings. The molecule has 0 aliphatic heterocycles. The van der Waals surface area contributed by atoms with Gasteiger partial charge in [0.15, 0.2) is 5.78 Å². The maximum Gasteiger partial charge on any atom is 0.387 e. The summed E-state index contributed by atoms with van der Waals surface area (Å²) in [5.74, 6) is -0.323. The molecular formula is C14H11F2NO2. The first-order valence-electron chi connectivity index (χ1n) is 5.51. The van der Waals surface area contributed by atoms with Crippen molar-refractivity contribution in [2.75, 3.05) is 5.73 Å². The third kappa shape index (κ3) is 3.28. The molecule has 0 unspecified atom stereocenters. The predicted octanol–water partition coefficient (Wildman–Crippen LogP) is 3.10. The third-order valence-corrected chi connectivity index (χ3v) is 2.49. The maximum atomic E-state index is 12.1. The highest BCUT2D eigenvalue weighted by atomic mass is 19.3. The molecule has 0 aliphatic rings. The van der Waals surface area contributed by atoms with Gasteiger partial charge in [-0.05, 0) is 36.4 Å². The largest absolute Gasteiger partial charge is 0.435 e. The SMILES string of the molecule is Nc1ccc(C(=O)c2cccc(OC(F)F)c2)cc1. The van der Waals surface area contributed by atoms with Crippen molar-refractivity contribution in [2.24, 2.45) is 0 Å². The van der Waals surface area contributed by atoms with E-state index in [2.05, 4.69) is 4.74 Å². The van der Waals surface area contributed by atoms with Crippen molar-refractivity contribution in [3.05, 3.63) is 59.7 Å². The summed E-state index contributed by atoms with van der Waals surface area (Å²) < 4.78 is 28.5. The summed E-state index contributed by atoms with van der Waals surface area (Å²) in [4.78, 5) is 12.1. The number of hydrogen-bond donors (Lipinski definition) is 1. The second kappa shape index (κ2) is 5.48. The van der Waals surface area contributed by atoms with Crippen LogP contribution >= 0.6 is 0 Å². The number of carbonyl (C=O) groups excluding carboxylic acids is 1. The molecule has 0 amide bonds. The Labute approximate surface area is 108 Å². The molecule has 0 radical (unpaired) electrons. The first-order valence-corrected chi connectivity index (χ1v) is 5.51. The number of ketones is 1. The van der Waals surface area contributed by atoms with Gasteiger partial charge in [0.25, 0.3) is 0 Å². The fourth-order valence-corrected chi connectivity index (χ4v) is 1.61. The van der Waals surface area contributed by atoms with Crippen LogP contribution in [-0.2, 0) is 0 Å². The van der Waals surface area contributed by atoms with E-state index in [9.17, 15) is 13.6 Å². The zero-order valence-corrected chi connectivity index (χ0v) is 9.85. The molecule has 0 saturated heterocycles. The minimum Gasteiger partial charge on any atom is -0.435 e. The molecule has 0 aliphatic carbocycles. The van der Waals surface area contributed by atoms with Crippen LogP contribution in [0.15, 0.2) is 48.5 Å². The monoisotopic (exact) mass is 263 g/mol. The molecule has 0 saturated carbocycles. The van der Waals surface area contributed by atoms with Crippen LogP contribution in [0.3, 0.4) is 0 Å². The van der Waals surface area contributed by atoms with E-state index in [1.807, 2.05) is 0 Å². The first kappa shape index (κ1) is 13.0. The number of nitrogen functional groups attached to an aromatic ring is 1. The number of rotatable bonds is 4. The summed E-state index contributed by atoms with van der Waals surface area (Å²) >= 11 is 0. The van der Waals surface area contributed by atoms with Crippen LogP contribution in [0.25, 0.3) is 0 Å². The van der Waals surface area contributed by atoms with Crippen molar-refractivity contribution in [1.82, 2.24) is 0 Å². The highest BCUT2D eigenvalue weighted by Gasteiger charge is 2.11. The summed E-state index contributed by atoms with van der Waals surface area (Å²) in [7, 11) is 0. The number of carbonyl (C=O) groups is 1. The quantitative estimate of drug-likeness (QED) is 0.681. The number of hydrogen-bond acceptors (Lipinski definition) is 3. The number of nitrogens with two attached hydrogens (primary N) is 1. The van der Waals surface area contributed by atoms with Crippen molar-refractivity contribution >= 4 is 11.5 Å². The summed E-state index contributed by atoms with van der Waals surface area (Å²) in [5, 5.41) is 0. The minimum atomic E-state index is -2.91. The van der Waals surface area contributed by atoms with Crippen LogP contribution in [0, 0.1) is 0 Å². The second-order valence-electron chi connectivity index (χ2n) is 3.86. The van der Waals surface area contributed by atoms with Crippen LogP contribution in [0.5, 0.6) is 5.75 Å². The van der Waals surface area contributed by atoms with E-state index in [-0.39, 0.29) is 17.1 Å². The Kier molecular flexibility index (Phi) is 3.75. The molecule has 0 spiro atoms. The van der Waals surface area contributed by atoms with Gasteiger partial charge in [0.05, 0.1) is 0 Å². The molecule has 2 N–H and O–H groups in total. The topological polar surface area (TPSA) is 52.3 Å². The maximum absolute atomic E-state index is 12.1. The zero-order valence-electron chi connectivity index (χ0n) is 9.85. The van der Waals surface area contributed by atoms with Crippen LogP contribution in [0.2, 0.25) is 0 Å². The number of anilines is 1. The average molecular weight is 263 g/mol. The Bertz CT molecular complexity index is 582. The van der Waals surface area contributed by atoms with Crippen molar-refractivity contribution in [3.8, 4) is 5.75 Å². The van der Waals surface area contributed by atoms with Gasteiger partial charge in [0, 0.05) is 16.8 Å². The smallest absolute Gasteiger partial charge is 0.387 e. The fourth-order valence-electron chi connectivity index (χ4n) is 1.61. The van der Waals surface area contributed by atoms with E-state index < -0.39 is 6.61 Å². The molecule has 98 valence electrons. The highest BCUT2D eigenvalue weighted by Crippen LogP contribution is 2.19. The van der Waals surface area contributed by atoms with Crippen molar-refractivity contribution in [2.45, 2.75) is 6.61 Å². The lowest BCUT2D eigenvalue weighted by molar-refractivity contribution is -0.0498. The van der Waals surface area contributed by atoms with Gasteiger partial charge in [-0.2, -0.15) is 8.78 Å². The van der Waals surface area contributed by atoms with Gasteiger partial charge in [-0.25, -0.2) is 0 Å². The Morgan fingerprint density at radius 3 is 2.37 bits per heavy atom. The lowest BCUT2D eigenvalue weighted by Gasteiger charge is -2.06. The van der Waals surface area contributed by atoms with Crippen molar-refractivity contribution < 1.29 is 18.3 Å².